The zero-order valence-electron chi connectivity index (χ0n) is 11.1. The van der Waals surface area contributed by atoms with Crippen molar-refractivity contribution in [2.24, 2.45) is 10.9 Å². The second kappa shape index (κ2) is 7.29. The SMILES string of the molecule is NC(CCN(Cc1cccnc1)C(=O)c1csnn1)=NO. The van der Waals surface area contributed by atoms with E-state index in [1.807, 2.05) is 6.07 Å². The largest absolute Gasteiger partial charge is 0.409 e. The van der Waals surface area contributed by atoms with Crippen molar-refractivity contribution < 1.29 is 10.0 Å². The van der Waals surface area contributed by atoms with Crippen molar-refractivity contribution in [1.82, 2.24) is 19.5 Å². The van der Waals surface area contributed by atoms with Crippen LogP contribution in [0.2, 0.25) is 0 Å². The van der Waals surface area contributed by atoms with Crippen LogP contribution in [0.3, 0.4) is 0 Å². The Morgan fingerprint density at radius 2 is 2.38 bits per heavy atom. The van der Waals surface area contributed by atoms with Gasteiger partial charge in [0.1, 0.15) is 5.84 Å². The number of amides is 1. The Bertz CT molecular complexity index is 601. The first-order valence-corrected chi connectivity index (χ1v) is 6.96. The van der Waals surface area contributed by atoms with Crippen LogP contribution in [0.5, 0.6) is 0 Å². The lowest BCUT2D eigenvalue weighted by Gasteiger charge is -2.21. The summed E-state index contributed by atoms with van der Waals surface area (Å²) in [5.74, 6) is -0.186. The summed E-state index contributed by atoms with van der Waals surface area (Å²) in [7, 11) is 0. The molecule has 0 saturated carbocycles. The van der Waals surface area contributed by atoms with Crippen LogP contribution < -0.4 is 5.73 Å². The van der Waals surface area contributed by atoms with Crippen LogP contribution in [0.1, 0.15) is 22.5 Å². The topological polar surface area (TPSA) is 118 Å². The fourth-order valence-corrected chi connectivity index (χ4v) is 2.11. The molecule has 1 amide bonds. The molecule has 0 bridgehead atoms. The van der Waals surface area contributed by atoms with E-state index >= 15 is 0 Å². The lowest BCUT2D eigenvalue weighted by Crippen LogP contribution is -2.34. The minimum absolute atomic E-state index is 0.0652. The van der Waals surface area contributed by atoms with Crippen molar-refractivity contribution in [3.63, 3.8) is 0 Å². The molecule has 2 heterocycles. The van der Waals surface area contributed by atoms with E-state index < -0.39 is 0 Å². The molecule has 0 atom stereocenters. The molecular formula is C12H14N6O2S. The molecule has 8 nitrogen and oxygen atoms in total. The van der Waals surface area contributed by atoms with Crippen LogP contribution in [-0.2, 0) is 6.54 Å². The third-order valence-corrected chi connectivity index (χ3v) is 3.23. The molecule has 0 aliphatic carbocycles. The molecule has 0 aromatic carbocycles. The van der Waals surface area contributed by atoms with E-state index in [1.165, 1.54) is 0 Å². The van der Waals surface area contributed by atoms with Crippen molar-refractivity contribution >= 4 is 23.3 Å². The molecule has 0 aliphatic heterocycles. The molecule has 3 N–H and O–H groups in total. The Balaban J connectivity index is 2.12. The van der Waals surface area contributed by atoms with Gasteiger partial charge in [0.2, 0.25) is 0 Å². The number of pyridine rings is 1. The summed E-state index contributed by atoms with van der Waals surface area (Å²) in [6.45, 7) is 0.671. The average Bonchev–Trinajstić information content (AvgIpc) is 3.05. The third-order valence-electron chi connectivity index (χ3n) is 2.73. The first kappa shape index (κ1) is 14.9. The van der Waals surface area contributed by atoms with Gasteiger partial charge in [0.25, 0.3) is 5.91 Å². The summed E-state index contributed by atoms with van der Waals surface area (Å²) in [6.07, 6.45) is 3.61. The molecule has 2 rings (SSSR count). The second-order valence-corrected chi connectivity index (χ2v) is 4.83. The van der Waals surface area contributed by atoms with Crippen molar-refractivity contribution in [2.45, 2.75) is 13.0 Å². The van der Waals surface area contributed by atoms with Crippen LogP contribution in [0.4, 0.5) is 0 Å². The fraction of sp³-hybridized carbons (Fsp3) is 0.250. The van der Waals surface area contributed by atoms with Gasteiger partial charge in [0.05, 0.1) is 0 Å². The number of carbonyl (C=O) groups is 1. The molecule has 9 heteroatoms. The predicted molar refractivity (Wildman–Crippen MR) is 76.9 cm³/mol. The highest BCUT2D eigenvalue weighted by atomic mass is 32.1. The first-order chi connectivity index (χ1) is 10.2. The Hall–Kier alpha value is -2.55. The van der Waals surface area contributed by atoms with Gasteiger partial charge in [-0.15, -0.1) is 5.10 Å². The number of oxime groups is 1. The van der Waals surface area contributed by atoms with E-state index in [0.29, 0.717) is 13.1 Å². The first-order valence-electron chi connectivity index (χ1n) is 6.12. The Morgan fingerprint density at radius 3 is 3.00 bits per heavy atom. The Labute approximate surface area is 125 Å². The standard InChI is InChI=1S/C12H14N6O2S/c13-11(16-20)3-5-18(7-9-2-1-4-14-6-9)12(19)10-8-21-17-15-10/h1-2,4,6,8,20H,3,5,7H2,(H2,13,16). The minimum atomic E-state index is -0.252. The molecule has 0 unspecified atom stereocenters. The summed E-state index contributed by atoms with van der Waals surface area (Å²) in [5, 5.41) is 16.9. The predicted octanol–water partition coefficient (Wildman–Crippen LogP) is 0.712. The Morgan fingerprint density at radius 1 is 1.52 bits per heavy atom. The van der Waals surface area contributed by atoms with Crippen molar-refractivity contribution in [2.75, 3.05) is 6.54 Å². The molecule has 0 aliphatic rings. The van der Waals surface area contributed by atoms with Crippen LogP contribution in [0, 0.1) is 0 Å². The molecular weight excluding hydrogens is 292 g/mol. The van der Waals surface area contributed by atoms with Gasteiger partial charge in [0, 0.05) is 37.3 Å². The van der Waals surface area contributed by atoms with Crippen LogP contribution in [0.25, 0.3) is 0 Å². The number of carbonyl (C=O) groups excluding carboxylic acids is 1. The molecule has 110 valence electrons. The second-order valence-electron chi connectivity index (χ2n) is 4.22. The number of amidine groups is 1. The molecule has 0 fully saturated rings. The van der Waals surface area contributed by atoms with Crippen LogP contribution in [0.15, 0.2) is 35.1 Å². The summed E-state index contributed by atoms with van der Waals surface area (Å²) >= 11 is 1.11. The smallest absolute Gasteiger partial charge is 0.275 e. The van der Waals surface area contributed by atoms with Crippen LogP contribution in [-0.4, -0.2) is 43.0 Å². The van der Waals surface area contributed by atoms with E-state index in [-0.39, 0.29) is 23.9 Å². The van der Waals surface area contributed by atoms with Gasteiger partial charge in [-0.1, -0.05) is 15.7 Å². The highest BCUT2D eigenvalue weighted by Crippen LogP contribution is 2.09. The van der Waals surface area contributed by atoms with Crippen molar-refractivity contribution in [3.05, 3.63) is 41.2 Å². The third kappa shape index (κ3) is 4.21. The maximum atomic E-state index is 12.4. The van der Waals surface area contributed by atoms with Gasteiger partial charge in [-0.3, -0.25) is 9.78 Å². The number of rotatable bonds is 6. The van der Waals surface area contributed by atoms with Gasteiger partial charge < -0.3 is 15.8 Å². The van der Waals surface area contributed by atoms with E-state index in [9.17, 15) is 4.79 Å². The monoisotopic (exact) mass is 306 g/mol. The molecule has 0 radical (unpaired) electrons. The van der Waals surface area contributed by atoms with Crippen LogP contribution >= 0.6 is 11.5 Å². The van der Waals surface area contributed by atoms with Gasteiger partial charge in [-0.2, -0.15) is 0 Å². The van der Waals surface area contributed by atoms with E-state index in [4.69, 9.17) is 10.9 Å². The number of aromatic nitrogens is 3. The highest BCUT2D eigenvalue weighted by molar-refractivity contribution is 7.03. The fourth-order valence-electron chi connectivity index (χ4n) is 1.68. The molecule has 2 aromatic rings. The van der Waals surface area contributed by atoms with Gasteiger partial charge >= 0.3 is 0 Å². The normalized spacial score (nSPS) is 11.3. The van der Waals surface area contributed by atoms with Gasteiger partial charge in [0.15, 0.2) is 5.69 Å². The lowest BCUT2D eigenvalue weighted by atomic mass is 10.2. The molecule has 0 spiro atoms. The zero-order valence-corrected chi connectivity index (χ0v) is 11.9. The molecule has 0 saturated heterocycles. The lowest BCUT2D eigenvalue weighted by molar-refractivity contribution is 0.0741. The quantitative estimate of drug-likeness (QED) is 0.351. The van der Waals surface area contributed by atoms with Gasteiger partial charge in [-0.25, -0.2) is 0 Å². The maximum absolute atomic E-state index is 12.4. The number of nitrogens with two attached hydrogens (primary N) is 1. The summed E-state index contributed by atoms with van der Waals surface area (Å²) in [6, 6.07) is 3.67. The molecule has 2 aromatic heterocycles. The van der Waals surface area contributed by atoms with Crippen molar-refractivity contribution in [3.8, 4) is 0 Å². The number of hydrogen-bond acceptors (Lipinski definition) is 7. The van der Waals surface area contributed by atoms with Crippen molar-refractivity contribution in [1.29, 1.82) is 0 Å². The number of hydrogen-bond donors (Lipinski definition) is 2. The van der Waals surface area contributed by atoms with E-state index in [2.05, 4.69) is 19.7 Å². The average molecular weight is 306 g/mol. The van der Waals surface area contributed by atoms with Gasteiger partial charge in [-0.05, 0) is 23.2 Å². The summed E-state index contributed by atoms with van der Waals surface area (Å²) in [5.41, 5.74) is 6.62. The minimum Gasteiger partial charge on any atom is -0.409 e. The molecule has 21 heavy (non-hydrogen) atoms. The summed E-state index contributed by atoms with van der Waals surface area (Å²) in [4.78, 5) is 18.0. The van der Waals surface area contributed by atoms with E-state index in [0.717, 1.165) is 17.1 Å². The highest BCUT2D eigenvalue weighted by Gasteiger charge is 2.19. The number of nitrogens with zero attached hydrogens (tertiary/aromatic N) is 5. The maximum Gasteiger partial charge on any atom is 0.275 e. The van der Waals surface area contributed by atoms with E-state index in [1.54, 1.807) is 28.7 Å². The zero-order chi connectivity index (χ0) is 15.1. The Kier molecular flexibility index (Phi) is 5.16. The summed E-state index contributed by atoms with van der Waals surface area (Å²) < 4.78 is 3.69.